The second kappa shape index (κ2) is 9.54. The number of carbonyl (C=O) groups excluding carboxylic acids is 2. The summed E-state index contributed by atoms with van der Waals surface area (Å²) < 4.78 is 5.62. The van der Waals surface area contributed by atoms with Crippen molar-refractivity contribution in [3.63, 3.8) is 0 Å². The van der Waals surface area contributed by atoms with Crippen LogP contribution in [0.1, 0.15) is 105 Å². The Kier molecular flexibility index (Phi) is 7.12. The lowest BCUT2D eigenvalue weighted by Gasteiger charge is -2.57. The Hall–Kier alpha value is -1.26. The highest BCUT2D eigenvalue weighted by Gasteiger charge is 2.50. The van der Waals surface area contributed by atoms with Crippen molar-refractivity contribution >= 4 is 12.0 Å². The van der Waals surface area contributed by atoms with E-state index in [1.54, 1.807) is 4.90 Å². The molecule has 0 spiro atoms. The number of unbranched alkanes of at least 4 members (excludes halogenated alkanes) is 2. The van der Waals surface area contributed by atoms with Gasteiger partial charge in [0.15, 0.2) is 0 Å². The Bertz CT molecular complexity index is 648. The van der Waals surface area contributed by atoms with Gasteiger partial charge in [-0.2, -0.15) is 0 Å². The lowest BCUT2D eigenvalue weighted by atomic mass is 9.49. The molecule has 0 unspecified atom stereocenters. The van der Waals surface area contributed by atoms with Crippen LogP contribution < -0.4 is 0 Å². The van der Waals surface area contributed by atoms with Crippen LogP contribution >= 0.6 is 0 Å². The molecule has 1 aliphatic heterocycles. The highest BCUT2D eigenvalue weighted by Crippen LogP contribution is 2.61. The topological polar surface area (TPSA) is 49.9 Å². The van der Waals surface area contributed by atoms with Crippen molar-refractivity contribution in [1.29, 1.82) is 0 Å². The van der Waals surface area contributed by atoms with Crippen LogP contribution in [0.4, 0.5) is 4.79 Å². The molecule has 0 radical (unpaired) electrons. The SMILES string of the molecule is CCCCCN(CCC12CC3CC(CC(C3)C1)C2)C(=O)[C@H]1CCCN1C(=O)OC(C)(C)C. The zero-order valence-corrected chi connectivity index (χ0v) is 21.0. The molecule has 4 saturated carbocycles. The first-order chi connectivity index (χ1) is 15.2. The third kappa shape index (κ3) is 5.44. The molecular formula is C27H46N2O3. The van der Waals surface area contributed by atoms with Gasteiger partial charge < -0.3 is 9.64 Å². The Morgan fingerprint density at radius 2 is 1.62 bits per heavy atom. The number of likely N-dealkylation sites (tertiary alicyclic amines) is 1. The van der Waals surface area contributed by atoms with Gasteiger partial charge in [0.25, 0.3) is 0 Å². The standard InChI is InChI=1S/C27H46N2O3/c1-5-6-7-11-28(13-10-27-17-20-14-21(18-27)16-22(15-20)19-27)24(30)23-9-8-12-29(23)25(31)32-26(2,3)4/h20-23H,5-19H2,1-4H3/t20?,21?,22?,23-,27?/m1/s1. The van der Waals surface area contributed by atoms with E-state index in [1.165, 1.54) is 38.5 Å². The number of nitrogens with zero attached hydrogens (tertiary/aromatic N) is 2. The molecule has 2 amide bonds. The molecule has 5 aliphatic rings. The molecule has 0 aromatic rings. The van der Waals surface area contributed by atoms with Crippen molar-refractivity contribution in [3.8, 4) is 0 Å². The van der Waals surface area contributed by atoms with E-state index < -0.39 is 5.60 Å². The predicted molar refractivity (Wildman–Crippen MR) is 127 cm³/mol. The van der Waals surface area contributed by atoms with Gasteiger partial charge in [0.1, 0.15) is 11.6 Å². The van der Waals surface area contributed by atoms with Gasteiger partial charge in [-0.1, -0.05) is 19.8 Å². The molecule has 5 nitrogen and oxygen atoms in total. The molecule has 1 atom stereocenters. The summed E-state index contributed by atoms with van der Waals surface area (Å²) in [6.45, 7) is 10.2. The quantitative estimate of drug-likeness (QED) is 0.429. The molecule has 0 aromatic carbocycles. The lowest BCUT2D eigenvalue weighted by molar-refractivity contribution is -0.137. The zero-order chi connectivity index (χ0) is 22.9. The zero-order valence-electron chi connectivity index (χ0n) is 21.0. The van der Waals surface area contributed by atoms with E-state index in [9.17, 15) is 9.59 Å². The molecule has 1 heterocycles. The minimum atomic E-state index is -0.535. The molecule has 5 fully saturated rings. The first kappa shape index (κ1) is 23.9. The largest absolute Gasteiger partial charge is 0.444 e. The fourth-order valence-electron chi connectivity index (χ4n) is 7.63. The van der Waals surface area contributed by atoms with Crippen molar-refractivity contribution in [1.82, 2.24) is 9.80 Å². The monoisotopic (exact) mass is 446 g/mol. The summed E-state index contributed by atoms with van der Waals surface area (Å²) in [6.07, 6.45) is 14.4. The average Bonchev–Trinajstić information content (AvgIpc) is 3.18. The van der Waals surface area contributed by atoms with Gasteiger partial charge >= 0.3 is 6.09 Å². The summed E-state index contributed by atoms with van der Waals surface area (Å²) >= 11 is 0. The number of ether oxygens (including phenoxy) is 1. The molecule has 182 valence electrons. The van der Waals surface area contributed by atoms with E-state index in [4.69, 9.17) is 4.74 Å². The van der Waals surface area contributed by atoms with Gasteiger partial charge in [-0.3, -0.25) is 9.69 Å². The van der Waals surface area contributed by atoms with Crippen LogP contribution in [0.25, 0.3) is 0 Å². The molecule has 0 N–H and O–H groups in total. The maximum atomic E-state index is 13.7. The van der Waals surface area contributed by atoms with Crippen LogP contribution in [-0.4, -0.2) is 53.1 Å². The van der Waals surface area contributed by atoms with Gasteiger partial charge in [0.05, 0.1) is 0 Å². The fourth-order valence-corrected chi connectivity index (χ4v) is 7.63. The smallest absolute Gasteiger partial charge is 0.410 e. The van der Waals surface area contributed by atoms with Crippen LogP contribution in [0.3, 0.4) is 0 Å². The second-order valence-corrected chi connectivity index (χ2v) is 12.5. The molecule has 4 bridgehead atoms. The molecule has 4 aliphatic carbocycles. The molecule has 0 aromatic heterocycles. The third-order valence-corrected chi connectivity index (χ3v) is 8.59. The number of rotatable bonds is 8. The van der Waals surface area contributed by atoms with Crippen molar-refractivity contribution in [2.45, 2.75) is 116 Å². The van der Waals surface area contributed by atoms with Crippen LogP contribution in [-0.2, 0) is 9.53 Å². The van der Waals surface area contributed by atoms with E-state index in [1.807, 2.05) is 20.8 Å². The third-order valence-electron chi connectivity index (χ3n) is 8.59. The van der Waals surface area contributed by atoms with Crippen molar-refractivity contribution < 1.29 is 14.3 Å². The second-order valence-electron chi connectivity index (χ2n) is 12.5. The summed E-state index contributed by atoms with van der Waals surface area (Å²) in [5, 5.41) is 0. The van der Waals surface area contributed by atoms with E-state index in [-0.39, 0.29) is 18.0 Å². The van der Waals surface area contributed by atoms with E-state index in [2.05, 4.69) is 11.8 Å². The first-order valence-electron chi connectivity index (χ1n) is 13.5. The minimum absolute atomic E-state index is 0.161. The highest BCUT2D eigenvalue weighted by atomic mass is 16.6. The van der Waals surface area contributed by atoms with Crippen LogP contribution in [0.5, 0.6) is 0 Å². The van der Waals surface area contributed by atoms with Crippen molar-refractivity contribution in [3.05, 3.63) is 0 Å². The molecule has 5 heteroatoms. The van der Waals surface area contributed by atoms with Gasteiger partial charge in [0, 0.05) is 19.6 Å². The molecule has 32 heavy (non-hydrogen) atoms. The number of hydrogen-bond donors (Lipinski definition) is 0. The minimum Gasteiger partial charge on any atom is -0.444 e. The summed E-state index contributed by atoms with van der Waals surface area (Å²) in [7, 11) is 0. The normalized spacial score (nSPS) is 33.6. The first-order valence-corrected chi connectivity index (χ1v) is 13.5. The summed E-state index contributed by atoms with van der Waals surface area (Å²) in [5.41, 5.74) is -0.0504. The molecule has 5 rings (SSSR count). The van der Waals surface area contributed by atoms with Crippen molar-refractivity contribution in [2.24, 2.45) is 23.2 Å². The number of carbonyl (C=O) groups is 2. The molecular weight excluding hydrogens is 400 g/mol. The predicted octanol–water partition coefficient (Wildman–Crippen LogP) is 6.01. The van der Waals surface area contributed by atoms with Crippen molar-refractivity contribution in [2.75, 3.05) is 19.6 Å². The van der Waals surface area contributed by atoms with Crippen LogP contribution in [0.15, 0.2) is 0 Å². The summed E-state index contributed by atoms with van der Waals surface area (Å²) in [4.78, 5) is 30.3. The van der Waals surface area contributed by atoms with Gasteiger partial charge in [-0.05, 0) is 108 Å². The fraction of sp³-hybridized carbons (Fsp3) is 0.926. The highest BCUT2D eigenvalue weighted by molar-refractivity contribution is 5.86. The maximum Gasteiger partial charge on any atom is 0.410 e. The van der Waals surface area contributed by atoms with E-state index >= 15 is 0 Å². The Morgan fingerprint density at radius 1 is 1.00 bits per heavy atom. The number of amides is 2. The molecule has 1 saturated heterocycles. The summed E-state index contributed by atoms with van der Waals surface area (Å²) in [6, 6.07) is -0.345. The van der Waals surface area contributed by atoms with Crippen LogP contribution in [0.2, 0.25) is 0 Å². The Labute approximate surface area is 195 Å². The average molecular weight is 447 g/mol. The Morgan fingerprint density at radius 3 is 2.19 bits per heavy atom. The summed E-state index contributed by atoms with van der Waals surface area (Å²) in [5.74, 6) is 3.00. The lowest BCUT2D eigenvalue weighted by Crippen LogP contribution is -2.51. The Balaban J connectivity index is 1.41. The number of hydrogen-bond acceptors (Lipinski definition) is 3. The van der Waals surface area contributed by atoms with Gasteiger partial charge in [-0.15, -0.1) is 0 Å². The van der Waals surface area contributed by atoms with E-state index in [0.717, 1.165) is 69.4 Å². The van der Waals surface area contributed by atoms with Crippen LogP contribution in [0, 0.1) is 23.2 Å². The van der Waals surface area contributed by atoms with Gasteiger partial charge in [-0.25, -0.2) is 4.79 Å². The maximum absolute atomic E-state index is 13.7. The van der Waals surface area contributed by atoms with E-state index in [0.29, 0.717) is 12.0 Å². The van der Waals surface area contributed by atoms with Gasteiger partial charge in [0.2, 0.25) is 5.91 Å².